The third kappa shape index (κ3) is 66.0. The monoisotopic (exact) mass is 1380 g/mol. The van der Waals surface area contributed by atoms with Gasteiger partial charge in [-0.2, -0.15) is 0 Å². The lowest BCUT2D eigenvalue weighted by atomic mass is 9.99. The number of ether oxygens (including phenoxy) is 4. The van der Waals surface area contributed by atoms with Crippen LogP contribution in [0.5, 0.6) is 0 Å². The number of phosphoric acid groups is 2. The number of carbonyl (C=O) groups excluding carboxylic acids is 4. The highest BCUT2D eigenvalue weighted by molar-refractivity contribution is 7.47. The lowest BCUT2D eigenvalue weighted by Gasteiger charge is -2.21. The summed E-state index contributed by atoms with van der Waals surface area (Å²) in [6.45, 7) is 9.55. The van der Waals surface area contributed by atoms with Crippen LogP contribution in [-0.2, 0) is 65.4 Å². The first-order valence-corrected chi connectivity index (χ1v) is 42.1. The molecule has 17 nitrogen and oxygen atoms in total. The van der Waals surface area contributed by atoms with E-state index in [1.165, 1.54) is 199 Å². The van der Waals surface area contributed by atoms with Gasteiger partial charge in [-0.3, -0.25) is 37.3 Å². The van der Waals surface area contributed by atoms with Crippen molar-refractivity contribution in [2.24, 2.45) is 11.8 Å². The topological polar surface area (TPSA) is 237 Å². The Labute approximate surface area is 575 Å². The van der Waals surface area contributed by atoms with Gasteiger partial charge in [-0.15, -0.1) is 0 Å². The minimum atomic E-state index is -4.96. The van der Waals surface area contributed by atoms with Crippen molar-refractivity contribution in [3.63, 3.8) is 0 Å². The standard InChI is InChI=1S/C75H146O17P2/c1-7-11-13-15-17-19-21-23-25-26-27-28-30-32-34-39-47-53-59-74(79)91-70(63-85-72(77)57-51-45-38-33-31-29-24-22-20-18-16-14-12-8-2)65-89-93(81,82)87-61-69(76)62-88-94(83,84)90-66-71(64-86-73(78)58-52-46-42-41-44-50-56-68(6)10-4)92-75(80)60-54-48-40-36-35-37-43-49-55-67(5)9-3/h67-71,76H,7-66H2,1-6H3,(H,81,82)(H,83,84)/t67?,68?,69-,70-,71-/m1/s1. The molecule has 0 heterocycles. The van der Waals surface area contributed by atoms with Gasteiger partial charge in [0.05, 0.1) is 26.4 Å². The second-order valence-corrected chi connectivity index (χ2v) is 30.4. The molecule has 0 aromatic rings. The zero-order chi connectivity index (χ0) is 69.3. The normalized spacial score (nSPS) is 14.6. The third-order valence-electron chi connectivity index (χ3n) is 18.2. The average molecular weight is 1380 g/mol. The van der Waals surface area contributed by atoms with Crippen LogP contribution in [0.1, 0.15) is 388 Å². The Hall–Kier alpha value is -1.94. The number of hydrogen-bond acceptors (Lipinski definition) is 15. The van der Waals surface area contributed by atoms with E-state index in [1.807, 2.05) is 0 Å². The molecule has 7 atom stereocenters. The number of rotatable bonds is 74. The minimum Gasteiger partial charge on any atom is -0.462 e. The third-order valence-corrected chi connectivity index (χ3v) is 20.1. The zero-order valence-corrected chi connectivity index (χ0v) is 63.1. The number of esters is 4. The predicted octanol–water partition coefficient (Wildman–Crippen LogP) is 21.9. The van der Waals surface area contributed by atoms with Gasteiger partial charge in [0.25, 0.3) is 0 Å². The molecular formula is C75H146O17P2. The van der Waals surface area contributed by atoms with E-state index in [0.29, 0.717) is 25.7 Å². The number of hydrogen-bond donors (Lipinski definition) is 3. The highest BCUT2D eigenvalue weighted by Gasteiger charge is 2.30. The van der Waals surface area contributed by atoms with Crippen molar-refractivity contribution in [2.45, 2.75) is 407 Å². The van der Waals surface area contributed by atoms with Crippen LogP contribution in [0.15, 0.2) is 0 Å². The van der Waals surface area contributed by atoms with E-state index in [0.717, 1.165) is 108 Å². The second-order valence-electron chi connectivity index (χ2n) is 27.5. The highest BCUT2D eigenvalue weighted by atomic mass is 31.2. The molecule has 4 unspecified atom stereocenters. The number of unbranched alkanes of at least 4 members (excludes halogenated alkanes) is 42. The van der Waals surface area contributed by atoms with Gasteiger partial charge < -0.3 is 33.8 Å². The Kier molecular flexibility index (Phi) is 65.5. The lowest BCUT2D eigenvalue weighted by Crippen LogP contribution is -2.30. The maximum absolute atomic E-state index is 13.1. The van der Waals surface area contributed by atoms with E-state index in [1.54, 1.807) is 0 Å². The van der Waals surface area contributed by atoms with Gasteiger partial charge in [-0.25, -0.2) is 9.13 Å². The van der Waals surface area contributed by atoms with Gasteiger partial charge in [-0.05, 0) is 37.5 Å². The van der Waals surface area contributed by atoms with Crippen molar-refractivity contribution in [2.75, 3.05) is 39.6 Å². The molecule has 0 radical (unpaired) electrons. The molecule has 0 amide bonds. The summed E-state index contributed by atoms with van der Waals surface area (Å²) in [5.41, 5.74) is 0. The number of phosphoric ester groups is 2. The van der Waals surface area contributed by atoms with Crippen LogP contribution in [0.2, 0.25) is 0 Å². The molecule has 0 aliphatic heterocycles. The van der Waals surface area contributed by atoms with Gasteiger partial charge >= 0.3 is 39.5 Å². The summed E-state index contributed by atoms with van der Waals surface area (Å²) >= 11 is 0. The van der Waals surface area contributed by atoms with Crippen LogP contribution >= 0.6 is 15.6 Å². The molecule has 0 spiro atoms. The fourth-order valence-corrected chi connectivity index (χ4v) is 13.0. The first-order valence-electron chi connectivity index (χ1n) is 39.1. The van der Waals surface area contributed by atoms with E-state index >= 15 is 0 Å². The van der Waals surface area contributed by atoms with Gasteiger partial charge in [0.2, 0.25) is 0 Å². The number of carbonyl (C=O) groups is 4. The molecule has 558 valence electrons. The smallest absolute Gasteiger partial charge is 0.462 e. The van der Waals surface area contributed by atoms with Crippen LogP contribution < -0.4 is 0 Å². The largest absolute Gasteiger partial charge is 0.472 e. The maximum Gasteiger partial charge on any atom is 0.472 e. The van der Waals surface area contributed by atoms with Crippen LogP contribution in [0.4, 0.5) is 0 Å². The Balaban J connectivity index is 5.25. The SMILES string of the molecule is CCCCCCCCCCCCCCCCCCCCC(=O)O[C@H](COC(=O)CCCCCCCCCCCCCCCC)COP(=O)(O)OC[C@@H](O)COP(=O)(O)OC[C@@H](COC(=O)CCCCCCCCC(C)CC)OC(=O)CCCCCCCCCCC(C)CC. The molecule has 0 bridgehead atoms. The molecular weight excluding hydrogens is 1230 g/mol. The van der Waals surface area contributed by atoms with E-state index in [9.17, 15) is 43.2 Å². The van der Waals surface area contributed by atoms with Crippen molar-refractivity contribution in [1.82, 2.24) is 0 Å². The van der Waals surface area contributed by atoms with E-state index < -0.39 is 97.5 Å². The molecule has 0 saturated heterocycles. The molecule has 0 aliphatic carbocycles. The van der Waals surface area contributed by atoms with Crippen molar-refractivity contribution < 1.29 is 80.2 Å². The van der Waals surface area contributed by atoms with Crippen molar-refractivity contribution >= 4 is 39.5 Å². The fraction of sp³-hybridized carbons (Fsp3) is 0.947. The molecule has 0 fully saturated rings. The number of aliphatic hydroxyl groups is 1. The Morgan fingerprint density at radius 2 is 0.511 bits per heavy atom. The van der Waals surface area contributed by atoms with Gasteiger partial charge in [0.1, 0.15) is 19.3 Å². The van der Waals surface area contributed by atoms with Crippen molar-refractivity contribution in [3.05, 3.63) is 0 Å². The van der Waals surface area contributed by atoms with Gasteiger partial charge in [0, 0.05) is 25.7 Å². The molecule has 0 aliphatic rings. The first-order chi connectivity index (χ1) is 45.4. The summed E-state index contributed by atoms with van der Waals surface area (Å²) in [4.78, 5) is 72.8. The van der Waals surface area contributed by atoms with Crippen LogP contribution in [-0.4, -0.2) is 96.7 Å². The molecule has 3 N–H and O–H groups in total. The maximum atomic E-state index is 13.1. The summed E-state index contributed by atoms with van der Waals surface area (Å²) in [5.74, 6) is -0.618. The quantitative estimate of drug-likeness (QED) is 0.0222. The summed E-state index contributed by atoms with van der Waals surface area (Å²) in [6.07, 6.45) is 54.1. The van der Waals surface area contributed by atoms with E-state index in [4.69, 9.17) is 37.0 Å². The lowest BCUT2D eigenvalue weighted by molar-refractivity contribution is -0.161. The van der Waals surface area contributed by atoms with Crippen LogP contribution in [0.3, 0.4) is 0 Å². The van der Waals surface area contributed by atoms with Crippen LogP contribution in [0.25, 0.3) is 0 Å². The summed E-state index contributed by atoms with van der Waals surface area (Å²) < 4.78 is 68.5. The number of aliphatic hydroxyl groups excluding tert-OH is 1. The van der Waals surface area contributed by atoms with Crippen molar-refractivity contribution in [1.29, 1.82) is 0 Å². The summed E-state index contributed by atoms with van der Waals surface area (Å²) in [6, 6.07) is 0. The Morgan fingerprint density at radius 1 is 0.298 bits per heavy atom. The Morgan fingerprint density at radius 3 is 0.755 bits per heavy atom. The molecule has 0 aromatic heterocycles. The second kappa shape index (κ2) is 66.9. The summed E-state index contributed by atoms with van der Waals surface area (Å²) in [5, 5.41) is 10.6. The molecule has 0 rings (SSSR count). The fourth-order valence-electron chi connectivity index (χ4n) is 11.4. The first kappa shape index (κ1) is 92.1. The van der Waals surface area contributed by atoms with Gasteiger partial charge in [-0.1, -0.05) is 337 Å². The highest BCUT2D eigenvalue weighted by Crippen LogP contribution is 2.45. The van der Waals surface area contributed by atoms with Gasteiger partial charge in [0.15, 0.2) is 12.2 Å². The molecule has 19 heteroatoms. The Bertz CT molecular complexity index is 1820. The molecule has 94 heavy (non-hydrogen) atoms. The van der Waals surface area contributed by atoms with E-state index in [-0.39, 0.29) is 25.7 Å². The zero-order valence-electron chi connectivity index (χ0n) is 61.3. The molecule has 0 saturated carbocycles. The van der Waals surface area contributed by atoms with Crippen LogP contribution in [0, 0.1) is 11.8 Å². The minimum absolute atomic E-state index is 0.104. The van der Waals surface area contributed by atoms with E-state index in [2.05, 4.69) is 41.5 Å². The summed E-state index contributed by atoms with van der Waals surface area (Å²) in [7, 11) is -9.91. The van der Waals surface area contributed by atoms with Crippen molar-refractivity contribution in [3.8, 4) is 0 Å². The predicted molar refractivity (Wildman–Crippen MR) is 381 cm³/mol. The average Bonchev–Trinajstić information content (AvgIpc) is 1.80. The molecule has 0 aromatic carbocycles.